The summed E-state index contributed by atoms with van der Waals surface area (Å²) in [5, 5.41) is 2.93. The fourth-order valence-electron chi connectivity index (χ4n) is 3.42. The molecular formula is C22H24ClN3O3. The molecule has 2 aromatic rings. The van der Waals surface area contributed by atoms with Crippen LogP contribution >= 0.6 is 11.6 Å². The van der Waals surface area contributed by atoms with Gasteiger partial charge in [0.1, 0.15) is 0 Å². The van der Waals surface area contributed by atoms with Crippen molar-refractivity contribution in [2.45, 2.75) is 18.8 Å². The molecule has 1 unspecified atom stereocenters. The van der Waals surface area contributed by atoms with Gasteiger partial charge in [0.05, 0.1) is 10.9 Å². The summed E-state index contributed by atoms with van der Waals surface area (Å²) in [7, 11) is 3.73. The molecule has 0 spiro atoms. The Bertz CT molecular complexity index is 914. The van der Waals surface area contributed by atoms with E-state index in [1.807, 2.05) is 49.5 Å². The number of halogens is 1. The van der Waals surface area contributed by atoms with Crippen molar-refractivity contribution in [3.63, 3.8) is 0 Å². The number of carbonyl (C=O) groups is 3. The number of hydrogen-bond acceptors (Lipinski definition) is 4. The minimum Gasteiger partial charge on any atom is -0.373 e. The zero-order valence-electron chi connectivity index (χ0n) is 16.5. The smallest absolute Gasteiger partial charge is 0.234 e. The van der Waals surface area contributed by atoms with Crippen LogP contribution in [-0.4, -0.2) is 50.3 Å². The molecule has 6 nitrogen and oxygen atoms in total. The third kappa shape index (κ3) is 4.77. The molecule has 29 heavy (non-hydrogen) atoms. The molecule has 0 saturated carbocycles. The van der Waals surface area contributed by atoms with Crippen LogP contribution in [0.5, 0.6) is 0 Å². The Morgan fingerprint density at radius 3 is 2.48 bits per heavy atom. The van der Waals surface area contributed by atoms with E-state index in [0.29, 0.717) is 24.4 Å². The fourth-order valence-corrected chi connectivity index (χ4v) is 3.78. The maximum absolute atomic E-state index is 12.2. The summed E-state index contributed by atoms with van der Waals surface area (Å²) < 4.78 is 0. The average molecular weight is 414 g/mol. The lowest BCUT2D eigenvalue weighted by Crippen LogP contribution is -2.39. The quantitative estimate of drug-likeness (QED) is 0.559. The Balaban J connectivity index is 1.80. The topological polar surface area (TPSA) is 69.7 Å². The van der Waals surface area contributed by atoms with Gasteiger partial charge in [-0.15, -0.1) is 0 Å². The molecule has 1 heterocycles. The summed E-state index contributed by atoms with van der Waals surface area (Å²) >= 11 is 6.67. The van der Waals surface area contributed by atoms with Gasteiger partial charge in [0.2, 0.25) is 18.2 Å². The lowest BCUT2D eigenvalue weighted by molar-refractivity contribution is -0.134. The summed E-state index contributed by atoms with van der Waals surface area (Å²) in [6, 6.07) is 13.6. The lowest BCUT2D eigenvalue weighted by Gasteiger charge is -2.23. The van der Waals surface area contributed by atoms with Crippen LogP contribution in [0, 0.1) is 0 Å². The SMILES string of the molecule is CN(C=O)CCN(C)c1ccc(-c2cccc(C3CCC(=O)NC3=O)c2Cl)cc1. The molecule has 3 amide bonds. The van der Waals surface area contributed by atoms with E-state index in [4.69, 9.17) is 11.6 Å². The van der Waals surface area contributed by atoms with Crippen molar-refractivity contribution in [2.75, 3.05) is 32.1 Å². The molecule has 1 aliphatic heterocycles. The van der Waals surface area contributed by atoms with E-state index in [1.165, 1.54) is 0 Å². The van der Waals surface area contributed by atoms with E-state index in [-0.39, 0.29) is 11.8 Å². The van der Waals surface area contributed by atoms with Crippen LogP contribution < -0.4 is 10.2 Å². The maximum atomic E-state index is 12.2. The predicted octanol–water partition coefficient (Wildman–Crippen LogP) is 3.05. The maximum Gasteiger partial charge on any atom is 0.234 e. The number of nitrogens with one attached hydrogen (secondary N) is 1. The van der Waals surface area contributed by atoms with Crippen LogP contribution in [0.15, 0.2) is 42.5 Å². The number of carbonyl (C=O) groups excluding carboxylic acids is 3. The highest BCUT2D eigenvalue weighted by Crippen LogP contribution is 2.37. The molecule has 0 aliphatic carbocycles. The van der Waals surface area contributed by atoms with Crippen molar-refractivity contribution in [2.24, 2.45) is 0 Å². The number of rotatable bonds is 7. The van der Waals surface area contributed by atoms with E-state index in [9.17, 15) is 14.4 Å². The van der Waals surface area contributed by atoms with Crippen molar-refractivity contribution in [3.05, 3.63) is 53.1 Å². The number of anilines is 1. The molecule has 0 bridgehead atoms. The second-order valence-electron chi connectivity index (χ2n) is 7.27. The number of piperidine rings is 1. The van der Waals surface area contributed by atoms with Gasteiger partial charge in [-0.25, -0.2) is 0 Å². The van der Waals surface area contributed by atoms with Gasteiger partial charge in [0.15, 0.2) is 0 Å². The average Bonchev–Trinajstić information content (AvgIpc) is 2.72. The normalized spacial score (nSPS) is 16.3. The molecule has 7 heteroatoms. The Morgan fingerprint density at radius 1 is 1.10 bits per heavy atom. The molecule has 1 N–H and O–H groups in total. The highest BCUT2D eigenvalue weighted by Gasteiger charge is 2.30. The van der Waals surface area contributed by atoms with Gasteiger partial charge in [0, 0.05) is 44.9 Å². The number of nitrogens with zero attached hydrogens (tertiary/aromatic N) is 2. The zero-order valence-corrected chi connectivity index (χ0v) is 17.3. The van der Waals surface area contributed by atoms with Crippen LogP contribution in [0.3, 0.4) is 0 Å². The number of hydrogen-bond donors (Lipinski definition) is 1. The van der Waals surface area contributed by atoms with Crippen LogP contribution in [0.25, 0.3) is 11.1 Å². The molecule has 1 atom stereocenters. The van der Waals surface area contributed by atoms with E-state index < -0.39 is 5.92 Å². The van der Waals surface area contributed by atoms with E-state index in [2.05, 4.69) is 10.2 Å². The monoisotopic (exact) mass is 413 g/mol. The Hall–Kier alpha value is -2.86. The van der Waals surface area contributed by atoms with Gasteiger partial charge in [-0.2, -0.15) is 0 Å². The van der Waals surface area contributed by atoms with Gasteiger partial charge >= 0.3 is 0 Å². The molecular weight excluding hydrogens is 390 g/mol. The molecule has 1 saturated heterocycles. The first kappa shape index (κ1) is 20.9. The molecule has 1 fully saturated rings. The third-order valence-corrected chi connectivity index (χ3v) is 5.65. The highest BCUT2D eigenvalue weighted by atomic mass is 35.5. The van der Waals surface area contributed by atoms with Gasteiger partial charge < -0.3 is 9.80 Å². The van der Waals surface area contributed by atoms with Gasteiger partial charge in [0.25, 0.3) is 0 Å². The first-order valence-corrected chi connectivity index (χ1v) is 9.87. The van der Waals surface area contributed by atoms with Crippen LogP contribution in [0.4, 0.5) is 5.69 Å². The van der Waals surface area contributed by atoms with Crippen LogP contribution in [-0.2, 0) is 14.4 Å². The van der Waals surface area contributed by atoms with Gasteiger partial charge in [-0.3, -0.25) is 19.7 Å². The molecule has 3 rings (SSSR count). The molecule has 1 aliphatic rings. The van der Waals surface area contributed by atoms with Crippen molar-refractivity contribution in [1.29, 1.82) is 0 Å². The van der Waals surface area contributed by atoms with Crippen LogP contribution in [0.1, 0.15) is 24.3 Å². The van der Waals surface area contributed by atoms with E-state index in [1.54, 1.807) is 11.9 Å². The minimum atomic E-state index is -0.416. The molecule has 0 aromatic heterocycles. The zero-order chi connectivity index (χ0) is 21.0. The Labute approximate surface area is 175 Å². The fraction of sp³-hybridized carbons (Fsp3) is 0.318. The first-order chi connectivity index (χ1) is 13.9. The predicted molar refractivity (Wildman–Crippen MR) is 114 cm³/mol. The Kier molecular flexibility index (Phi) is 6.54. The van der Waals surface area contributed by atoms with Crippen molar-refractivity contribution >= 4 is 35.5 Å². The number of amides is 3. The number of likely N-dealkylation sites (N-methyl/N-ethyl adjacent to an activating group) is 2. The summed E-state index contributed by atoms with van der Waals surface area (Å²) in [6.07, 6.45) is 1.60. The summed E-state index contributed by atoms with van der Waals surface area (Å²) in [4.78, 5) is 38.1. The first-order valence-electron chi connectivity index (χ1n) is 9.50. The summed E-state index contributed by atoms with van der Waals surface area (Å²) in [5.41, 5.74) is 3.58. The second kappa shape index (κ2) is 9.09. The van der Waals surface area contributed by atoms with Crippen LogP contribution in [0.2, 0.25) is 5.02 Å². The van der Waals surface area contributed by atoms with E-state index >= 15 is 0 Å². The van der Waals surface area contributed by atoms with Gasteiger partial charge in [-0.1, -0.05) is 41.9 Å². The highest BCUT2D eigenvalue weighted by molar-refractivity contribution is 6.34. The number of imide groups is 1. The number of benzene rings is 2. The van der Waals surface area contributed by atoms with Crippen molar-refractivity contribution in [3.8, 4) is 11.1 Å². The molecule has 152 valence electrons. The third-order valence-electron chi connectivity index (χ3n) is 5.23. The second-order valence-corrected chi connectivity index (χ2v) is 7.64. The molecule has 2 aromatic carbocycles. The lowest BCUT2D eigenvalue weighted by atomic mass is 9.88. The summed E-state index contributed by atoms with van der Waals surface area (Å²) in [5.74, 6) is -0.949. The van der Waals surface area contributed by atoms with E-state index in [0.717, 1.165) is 35.3 Å². The van der Waals surface area contributed by atoms with Gasteiger partial charge in [-0.05, 0) is 29.7 Å². The minimum absolute atomic E-state index is 0.238. The van der Waals surface area contributed by atoms with Crippen molar-refractivity contribution < 1.29 is 14.4 Å². The largest absolute Gasteiger partial charge is 0.373 e. The molecule has 0 radical (unpaired) electrons. The Morgan fingerprint density at radius 2 is 1.83 bits per heavy atom. The standard InChI is InChI=1S/C22H24ClN3O3/c1-25(14-27)12-13-26(2)16-8-6-15(7-9-16)17-4-3-5-18(21(17)23)19-10-11-20(28)24-22(19)29/h3-9,14,19H,10-13H2,1-2H3,(H,24,28,29). The summed E-state index contributed by atoms with van der Waals surface area (Å²) in [6.45, 7) is 1.36. The van der Waals surface area contributed by atoms with Crippen molar-refractivity contribution in [1.82, 2.24) is 10.2 Å².